The van der Waals surface area contributed by atoms with Crippen molar-refractivity contribution in [3.05, 3.63) is 0 Å². The lowest BCUT2D eigenvalue weighted by atomic mass is 9.97. The molecule has 0 aliphatic carbocycles. The van der Waals surface area contributed by atoms with E-state index >= 15 is 0 Å². The van der Waals surface area contributed by atoms with Gasteiger partial charge in [-0.05, 0) is 25.7 Å². The molecule has 1 saturated heterocycles. The van der Waals surface area contributed by atoms with Gasteiger partial charge in [0, 0.05) is 12.3 Å². The first kappa shape index (κ1) is 25.2. The van der Waals surface area contributed by atoms with Crippen LogP contribution in [-0.2, 0) is 19.2 Å². The lowest BCUT2D eigenvalue weighted by Gasteiger charge is -2.30. The molecule has 0 spiro atoms. The van der Waals surface area contributed by atoms with Gasteiger partial charge in [-0.25, -0.2) is 4.79 Å². The van der Waals surface area contributed by atoms with Crippen LogP contribution in [0.3, 0.4) is 0 Å². The Morgan fingerprint density at radius 3 is 2.31 bits per heavy atom. The molecular formula is C18H32N4O6S. The van der Waals surface area contributed by atoms with Crippen molar-refractivity contribution in [1.29, 1.82) is 0 Å². The Labute approximate surface area is 176 Å². The fourth-order valence-electron chi connectivity index (χ4n) is 3.10. The molecule has 29 heavy (non-hydrogen) atoms. The monoisotopic (exact) mass is 432 g/mol. The van der Waals surface area contributed by atoms with Gasteiger partial charge in [-0.3, -0.25) is 14.4 Å². The first-order valence-electron chi connectivity index (χ1n) is 9.73. The number of carbonyl (C=O) groups is 4. The number of nitrogens with two attached hydrogens (primary N) is 1. The number of nitrogens with one attached hydrogen (secondary N) is 2. The molecule has 1 rings (SSSR count). The highest BCUT2D eigenvalue weighted by Crippen LogP contribution is 2.19. The molecular weight excluding hydrogens is 400 g/mol. The van der Waals surface area contributed by atoms with Gasteiger partial charge in [-0.15, -0.1) is 0 Å². The number of aliphatic carboxylic acids is 1. The van der Waals surface area contributed by atoms with E-state index in [4.69, 9.17) is 5.73 Å². The molecule has 1 aliphatic heterocycles. The van der Waals surface area contributed by atoms with Crippen molar-refractivity contribution in [1.82, 2.24) is 15.5 Å². The lowest BCUT2D eigenvalue weighted by molar-refractivity contribution is -0.149. The van der Waals surface area contributed by atoms with Crippen molar-refractivity contribution >= 4 is 36.3 Å². The van der Waals surface area contributed by atoms with Gasteiger partial charge >= 0.3 is 5.97 Å². The Morgan fingerprint density at radius 1 is 1.21 bits per heavy atom. The van der Waals surface area contributed by atoms with Crippen LogP contribution in [0, 0.1) is 5.92 Å². The summed E-state index contributed by atoms with van der Waals surface area (Å²) in [7, 11) is 0. The van der Waals surface area contributed by atoms with Crippen molar-refractivity contribution in [2.24, 2.45) is 11.7 Å². The van der Waals surface area contributed by atoms with Crippen LogP contribution >= 0.6 is 12.6 Å². The third-order valence-electron chi connectivity index (χ3n) is 5.23. The molecule has 166 valence electrons. The summed E-state index contributed by atoms with van der Waals surface area (Å²) in [6.45, 7) is 5.27. The zero-order valence-corrected chi connectivity index (χ0v) is 17.9. The third kappa shape index (κ3) is 6.58. The molecule has 0 aromatic rings. The molecule has 1 fully saturated rings. The first-order chi connectivity index (χ1) is 13.5. The summed E-state index contributed by atoms with van der Waals surface area (Å²) in [5.41, 5.74) is 5.63. The molecule has 10 nitrogen and oxygen atoms in total. The normalized spacial score (nSPS) is 21.6. The Balaban J connectivity index is 2.91. The van der Waals surface area contributed by atoms with Crippen LogP contribution in [0.2, 0.25) is 0 Å². The number of nitrogens with zero attached hydrogens (tertiary/aromatic N) is 1. The summed E-state index contributed by atoms with van der Waals surface area (Å²) in [6, 6.07) is -4.12. The number of amides is 3. The number of hydrogen-bond acceptors (Lipinski definition) is 7. The molecule has 0 aromatic heterocycles. The van der Waals surface area contributed by atoms with Crippen LogP contribution in [0.25, 0.3) is 0 Å². The topological polar surface area (TPSA) is 162 Å². The van der Waals surface area contributed by atoms with E-state index < -0.39 is 54.0 Å². The standard InChI is InChI=1S/C18H32N4O6S/c1-4-9(2)14(21-15(24)13(19)10(3)23)16(25)20-11(8-29)17(26)22-7-5-6-12(22)18(27)28/h9-14,23,29H,4-8,19H2,1-3H3,(H,20,25)(H,21,24)(H,27,28). The minimum Gasteiger partial charge on any atom is -0.480 e. The van der Waals surface area contributed by atoms with Crippen LogP contribution in [-0.4, -0.2) is 81.4 Å². The maximum atomic E-state index is 12.8. The molecule has 0 aromatic carbocycles. The van der Waals surface area contributed by atoms with Crippen molar-refractivity contribution in [3.63, 3.8) is 0 Å². The Morgan fingerprint density at radius 2 is 1.83 bits per heavy atom. The van der Waals surface area contributed by atoms with E-state index in [1.165, 1.54) is 11.8 Å². The molecule has 6 unspecified atom stereocenters. The first-order valence-corrected chi connectivity index (χ1v) is 10.4. The Kier molecular flexibility index (Phi) is 9.87. The number of thiol groups is 1. The number of rotatable bonds is 10. The van der Waals surface area contributed by atoms with E-state index in [0.29, 0.717) is 25.8 Å². The summed E-state index contributed by atoms with van der Waals surface area (Å²) in [6.07, 6.45) is 0.399. The van der Waals surface area contributed by atoms with Gasteiger partial charge in [0.25, 0.3) is 0 Å². The second-order valence-electron chi connectivity index (χ2n) is 7.41. The number of carboxylic acids is 1. The largest absolute Gasteiger partial charge is 0.480 e. The van der Waals surface area contributed by atoms with Gasteiger partial charge in [-0.2, -0.15) is 12.6 Å². The molecule has 3 amide bonds. The number of aliphatic hydroxyl groups is 1. The van der Waals surface area contributed by atoms with Crippen LogP contribution in [0.4, 0.5) is 0 Å². The molecule has 6 atom stereocenters. The van der Waals surface area contributed by atoms with Gasteiger partial charge in [0.05, 0.1) is 6.10 Å². The lowest BCUT2D eigenvalue weighted by Crippen LogP contribution is -2.60. The van der Waals surface area contributed by atoms with E-state index in [9.17, 15) is 29.4 Å². The molecule has 1 aliphatic rings. The molecule has 11 heteroatoms. The highest BCUT2D eigenvalue weighted by atomic mass is 32.1. The highest BCUT2D eigenvalue weighted by Gasteiger charge is 2.38. The fourth-order valence-corrected chi connectivity index (χ4v) is 3.35. The summed E-state index contributed by atoms with van der Waals surface area (Å²) < 4.78 is 0. The summed E-state index contributed by atoms with van der Waals surface area (Å²) in [5.74, 6) is -3.18. The number of hydrogen-bond donors (Lipinski definition) is 6. The predicted octanol–water partition coefficient (Wildman–Crippen LogP) is -1.28. The molecule has 6 N–H and O–H groups in total. The second kappa shape index (κ2) is 11.4. The van der Waals surface area contributed by atoms with Crippen LogP contribution in [0.15, 0.2) is 0 Å². The van der Waals surface area contributed by atoms with Crippen molar-refractivity contribution < 1.29 is 29.4 Å². The predicted molar refractivity (Wildman–Crippen MR) is 109 cm³/mol. The summed E-state index contributed by atoms with van der Waals surface area (Å²) in [4.78, 5) is 50.4. The average molecular weight is 433 g/mol. The fraction of sp³-hybridized carbons (Fsp3) is 0.778. The van der Waals surface area contributed by atoms with E-state index in [0.717, 1.165) is 0 Å². The van der Waals surface area contributed by atoms with E-state index in [-0.39, 0.29) is 11.7 Å². The van der Waals surface area contributed by atoms with Gasteiger partial charge < -0.3 is 31.5 Å². The van der Waals surface area contributed by atoms with Crippen LogP contribution in [0.5, 0.6) is 0 Å². The molecule has 0 bridgehead atoms. The minimum atomic E-state index is -1.20. The number of carboxylic acid groups (broad SMARTS) is 1. The zero-order valence-electron chi connectivity index (χ0n) is 17.0. The highest BCUT2D eigenvalue weighted by molar-refractivity contribution is 7.80. The van der Waals surface area contributed by atoms with E-state index in [1.54, 1.807) is 6.92 Å². The van der Waals surface area contributed by atoms with Crippen molar-refractivity contribution in [3.8, 4) is 0 Å². The minimum absolute atomic E-state index is 0.0260. The van der Waals surface area contributed by atoms with Crippen molar-refractivity contribution in [2.75, 3.05) is 12.3 Å². The Hall–Kier alpha value is -1.85. The number of likely N-dealkylation sites (tertiary alicyclic amines) is 1. The molecule has 1 heterocycles. The maximum absolute atomic E-state index is 12.8. The second-order valence-corrected chi connectivity index (χ2v) is 7.77. The van der Waals surface area contributed by atoms with Crippen LogP contribution in [0.1, 0.15) is 40.0 Å². The Bertz CT molecular complexity index is 617. The van der Waals surface area contributed by atoms with Gasteiger partial charge in [0.2, 0.25) is 17.7 Å². The summed E-state index contributed by atoms with van der Waals surface area (Å²) >= 11 is 4.13. The summed E-state index contributed by atoms with van der Waals surface area (Å²) in [5, 5.41) is 23.9. The molecule has 0 radical (unpaired) electrons. The van der Waals surface area contributed by atoms with Gasteiger partial charge in [0.15, 0.2) is 0 Å². The smallest absolute Gasteiger partial charge is 0.326 e. The van der Waals surface area contributed by atoms with E-state index in [1.807, 2.05) is 6.92 Å². The third-order valence-corrected chi connectivity index (χ3v) is 5.60. The maximum Gasteiger partial charge on any atom is 0.326 e. The quantitative estimate of drug-likeness (QED) is 0.234. The number of carbonyl (C=O) groups excluding carboxylic acids is 3. The number of aliphatic hydroxyl groups excluding tert-OH is 1. The van der Waals surface area contributed by atoms with E-state index in [2.05, 4.69) is 23.3 Å². The van der Waals surface area contributed by atoms with Crippen molar-refractivity contribution in [2.45, 2.75) is 70.3 Å². The zero-order chi connectivity index (χ0) is 22.3. The SMILES string of the molecule is CCC(C)C(NC(=O)C(N)C(C)O)C(=O)NC(CS)C(=O)N1CCCC1C(=O)O. The van der Waals surface area contributed by atoms with Crippen LogP contribution < -0.4 is 16.4 Å². The molecule has 0 saturated carbocycles. The average Bonchev–Trinajstić information content (AvgIpc) is 3.18. The van der Waals surface area contributed by atoms with Gasteiger partial charge in [-0.1, -0.05) is 20.3 Å². The van der Waals surface area contributed by atoms with Gasteiger partial charge in [0.1, 0.15) is 24.2 Å².